The molecule has 0 N–H and O–H groups in total. The number of aromatic nitrogens is 2. The molecule has 6 heteroatoms. The summed E-state index contributed by atoms with van der Waals surface area (Å²) in [6.45, 7) is 4.22. The fraction of sp³-hybridized carbons (Fsp3) is 0.846. The second-order valence-electron chi connectivity index (χ2n) is 5.09. The van der Waals surface area contributed by atoms with Crippen molar-refractivity contribution < 1.29 is 14.0 Å². The molecule has 2 atom stereocenters. The maximum Gasteiger partial charge on any atom is 0.243 e. The van der Waals surface area contributed by atoms with E-state index in [0.29, 0.717) is 24.4 Å². The van der Waals surface area contributed by atoms with Crippen LogP contribution in [-0.4, -0.2) is 48.5 Å². The first-order valence-corrected chi connectivity index (χ1v) is 6.84. The summed E-state index contributed by atoms with van der Waals surface area (Å²) >= 11 is 0. The Morgan fingerprint density at radius 2 is 2.32 bits per heavy atom. The van der Waals surface area contributed by atoms with Crippen molar-refractivity contribution in [3.8, 4) is 0 Å². The van der Waals surface area contributed by atoms with Crippen LogP contribution in [0.15, 0.2) is 4.52 Å². The van der Waals surface area contributed by atoms with E-state index in [4.69, 9.17) is 14.0 Å². The SMILES string of the molecule is COCc1noc([C@@H](C)N(C)C[C@H]2CCCCO2)n1. The molecular weight excluding hydrogens is 246 g/mol. The van der Waals surface area contributed by atoms with Crippen LogP contribution in [0.5, 0.6) is 0 Å². The van der Waals surface area contributed by atoms with Gasteiger partial charge in [0, 0.05) is 20.3 Å². The van der Waals surface area contributed by atoms with Crippen LogP contribution in [0.3, 0.4) is 0 Å². The van der Waals surface area contributed by atoms with Gasteiger partial charge in [0.1, 0.15) is 6.61 Å². The highest BCUT2D eigenvalue weighted by Gasteiger charge is 2.23. The predicted octanol–water partition coefficient (Wildman–Crippen LogP) is 1.78. The van der Waals surface area contributed by atoms with Gasteiger partial charge in [0.2, 0.25) is 5.89 Å². The van der Waals surface area contributed by atoms with Gasteiger partial charge in [-0.25, -0.2) is 0 Å². The van der Waals surface area contributed by atoms with Crippen molar-refractivity contribution in [2.45, 2.75) is 44.9 Å². The van der Waals surface area contributed by atoms with E-state index >= 15 is 0 Å². The molecule has 2 heterocycles. The van der Waals surface area contributed by atoms with Crippen LogP contribution >= 0.6 is 0 Å². The van der Waals surface area contributed by atoms with Crippen molar-refractivity contribution in [2.24, 2.45) is 0 Å². The zero-order valence-corrected chi connectivity index (χ0v) is 12.0. The largest absolute Gasteiger partial charge is 0.377 e. The van der Waals surface area contributed by atoms with Gasteiger partial charge in [-0.2, -0.15) is 4.98 Å². The number of likely N-dealkylation sites (N-methyl/N-ethyl adjacent to an activating group) is 1. The minimum absolute atomic E-state index is 0.0867. The van der Waals surface area contributed by atoms with Crippen LogP contribution in [0.1, 0.15) is 43.9 Å². The zero-order chi connectivity index (χ0) is 13.7. The van der Waals surface area contributed by atoms with Gasteiger partial charge >= 0.3 is 0 Å². The number of methoxy groups -OCH3 is 1. The summed E-state index contributed by atoms with van der Waals surface area (Å²) in [6, 6.07) is 0.0867. The van der Waals surface area contributed by atoms with E-state index < -0.39 is 0 Å². The molecule has 19 heavy (non-hydrogen) atoms. The smallest absolute Gasteiger partial charge is 0.243 e. The zero-order valence-electron chi connectivity index (χ0n) is 12.0. The van der Waals surface area contributed by atoms with Gasteiger partial charge < -0.3 is 14.0 Å². The fourth-order valence-corrected chi connectivity index (χ4v) is 2.24. The lowest BCUT2D eigenvalue weighted by atomic mass is 10.1. The van der Waals surface area contributed by atoms with Gasteiger partial charge in [-0.3, -0.25) is 4.90 Å². The normalized spacial score (nSPS) is 21.8. The van der Waals surface area contributed by atoms with Crippen LogP contribution in [-0.2, 0) is 16.1 Å². The minimum Gasteiger partial charge on any atom is -0.377 e. The molecule has 0 saturated carbocycles. The van der Waals surface area contributed by atoms with Crippen LogP contribution in [0.25, 0.3) is 0 Å². The summed E-state index contributed by atoms with van der Waals surface area (Å²) in [4.78, 5) is 6.52. The molecule has 0 aromatic carbocycles. The molecule has 0 bridgehead atoms. The fourth-order valence-electron chi connectivity index (χ4n) is 2.24. The summed E-state index contributed by atoms with van der Waals surface area (Å²) in [7, 11) is 3.68. The first kappa shape index (κ1) is 14.4. The average molecular weight is 269 g/mol. The quantitative estimate of drug-likeness (QED) is 0.784. The molecule has 0 spiro atoms. The summed E-state index contributed by atoms with van der Waals surface area (Å²) in [6.07, 6.45) is 3.89. The van der Waals surface area contributed by atoms with Crippen molar-refractivity contribution in [2.75, 3.05) is 27.3 Å². The van der Waals surface area contributed by atoms with E-state index in [-0.39, 0.29) is 6.04 Å². The van der Waals surface area contributed by atoms with Gasteiger partial charge in [0.05, 0.1) is 12.1 Å². The highest BCUT2D eigenvalue weighted by atomic mass is 16.5. The van der Waals surface area contributed by atoms with Crippen molar-refractivity contribution >= 4 is 0 Å². The van der Waals surface area contributed by atoms with Crippen LogP contribution in [0, 0.1) is 0 Å². The lowest BCUT2D eigenvalue weighted by molar-refractivity contribution is -0.00918. The van der Waals surface area contributed by atoms with Gasteiger partial charge in [0.15, 0.2) is 5.82 Å². The molecule has 1 aliphatic heterocycles. The average Bonchev–Trinajstić information content (AvgIpc) is 2.88. The second kappa shape index (κ2) is 6.98. The number of hydrogen-bond donors (Lipinski definition) is 0. The first-order valence-electron chi connectivity index (χ1n) is 6.84. The van der Waals surface area contributed by atoms with Gasteiger partial charge in [0.25, 0.3) is 0 Å². The molecule has 1 aromatic heterocycles. The molecule has 0 radical (unpaired) electrons. The Morgan fingerprint density at radius 3 is 3.00 bits per heavy atom. The van der Waals surface area contributed by atoms with E-state index in [2.05, 4.69) is 29.0 Å². The summed E-state index contributed by atoms with van der Waals surface area (Å²) in [5.74, 6) is 1.22. The first-order chi connectivity index (χ1) is 9.20. The lowest BCUT2D eigenvalue weighted by Crippen LogP contribution is -2.35. The molecule has 6 nitrogen and oxygen atoms in total. The molecule has 0 amide bonds. The monoisotopic (exact) mass is 269 g/mol. The molecule has 1 fully saturated rings. The van der Waals surface area contributed by atoms with Crippen LogP contribution in [0.2, 0.25) is 0 Å². The van der Waals surface area contributed by atoms with E-state index in [0.717, 1.165) is 19.6 Å². The standard InChI is InChI=1S/C13H23N3O3/c1-10(13-14-12(9-17-3)15-19-13)16(2)8-11-6-4-5-7-18-11/h10-11H,4-9H2,1-3H3/t10-,11-/m1/s1. The van der Waals surface area contributed by atoms with Gasteiger partial charge in [-0.1, -0.05) is 5.16 Å². The van der Waals surface area contributed by atoms with Crippen molar-refractivity contribution in [1.82, 2.24) is 15.0 Å². The third-order valence-corrected chi connectivity index (χ3v) is 3.54. The van der Waals surface area contributed by atoms with Crippen LogP contribution in [0.4, 0.5) is 0 Å². The van der Waals surface area contributed by atoms with Crippen molar-refractivity contribution in [1.29, 1.82) is 0 Å². The highest BCUT2D eigenvalue weighted by molar-refractivity contribution is 4.91. The predicted molar refractivity (Wildman–Crippen MR) is 69.6 cm³/mol. The highest BCUT2D eigenvalue weighted by Crippen LogP contribution is 2.20. The van der Waals surface area contributed by atoms with E-state index in [1.54, 1.807) is 7.11 Å². The molecular formula is C13H23N3O3. The Kier molecular flexibility index (Phi) is 5.30. The number of hydrogen-bond acceptors (Lipinski definition) is 6. The Balaban J connectivity index is 1.87. The molecule has 1 saturated heterocycles. The van der Waals surface area contributed by atoms with Gasteiger partial charge in [-0.05, 0) is 33.2 Å². The maximum atomic E-state index is 5.75. The molecule has 0 aliphatic carbocycles. The Morgan fingerprint density at radius 1 is 1.47 bits per heavy atom. The Bertz CT molecular complexity index is 377. The summed E-state index contributed by atoms with van der Waals surface area (Å²) in [5, 5.41) is 3.89. The number of nitrogens with zero attached hydrogens (tertiary/aromatic N) is 3. The number of rotatable bonds is 6. The molecule has 1 aliphatic rings. The Hall–Kier alpha value is -0.980. The van der Waals surface area contributed by atoms with Crippen molar-refractivity contribution in [3.63, 3.8) is 0 Å². The summed E-state index contributed by atoms with van der Waals surface area (Å²) in [5.41, 5.74) is 0. The van der Waals surface area contributed by atoms with E-state index in [9.17, 15) is 0 Å². The molecule has 2 rings (SSSR count). The number of ether oxygens (including phenoxy) is 2. The van der Waals surface area contributed by atoms with Crippen LogP contribution < -0.4 is 0 Å². The summed E-state index contributed by atoms with van der Waals surface area (Å²) < 4.78 is 16.0. The molecule has 1 aromatic rings. The van der Waals surface area contributed by atoms with Gasteiger partial charge in [-0.15, -0.1) is 0 Å². The lowest BCUT2D eigenvalue weighted by Gasteiger charge is -2.29. The maximum absolute atomic E-state index is 5.75. The third kappa shape index (κ3) is 3.99. The minimum atomic E-state index is 0.0867. The second-order valence-corrected chi connectivity index (χ2v) is 5.09. The third-order valence-electron chi connectivity index (χ3n) is 3.54. The van der Waals surface area contributed by atoms with E-state index in [1.165, 1.54) is 12.8 Å². The topological polar surface area (TPSA) is 60.6 Å². The molecule has 108 valence electrons. The van der Waals surface area contributed by atoms with Crippen molar-refractivity contribution in [3.05, 3.63) is 11.7 Å². The van der Waals surface area contributed by atoms with E-state index in [1.807, 2.05) is 0 Å². The Labute approximate surface area is 114 Å². The molecule has 0 unspecified atom stereocenters.